The van der Waals surface area contributed by atoms with Crippen molar-refractivity contribution in [2.45, 2.75) is 0 Å². The molecule has 0 saturated heterocycles. The van der Waals surface area contributed by atoms with E-state index in [4.69, 9.17) is 0 Å². The molecule has 0 aliphatic carbocycles. The minimum Gasteiger partial charge on any atom is -0.289 e. The van der Waals surface area contributed by atoms with Crippen molar-refractivity contribution in [3.8, 4) is 0 Å². The first kappa shape index (κ1) is 38.8. The van der Waals surface area contributed by atoms with Gasteiger partial charge in [0.25, 0.3) is 64.8 Å². The molecule has 19 nitrogen and oxygen atoms in total. The Morgan fingerprint density at radius 1 is 0.431 bits per heavy atom. The van der Waals surface area contributed by atoms with Crippen LogP contribution < -0.4 is 26.6 Å². The number of imide groups is 5. The minimum atomic E-state index is -0.615. The molecule has 6 heterocycles. The van der Waals surface area contributed by atoms with Gasteiger partial charge in [-0.05, 0) is 41.8 Å². The van der Waals surface area contributed by atoms with Gasteiger partial charge in [-0.1, -0.05) is 36.4 Å². The number of nitro benzene ring substituents is 1. The van der Waals surface area contributed by atoms with Crippen LogP contribution in [0.1, 0.15) is 82.9 Å². The van der Waals surface area contributed by atoms with Gasteiger partial charge in [-0.25, -0.2) is 0 Å². The Labute approximate surface area is 323 Å². The molecule has 5 aliphatic heterocycles. The number of nitrogens with zero attached hydrogens (tertiary/aromatic N) is 2. The highest BCUT2D eigenvalue weighted by Gasteiger charge is 2.29. The van der Waals surface area contributed by atoms with Crippen LogP contribution in [-0.2, 0) is 9.59 Å². The number of carbonyl (C=O) groups is 10. The van der Waals surface area contributed by atoms with Gasteiger partial charge in [-0.2, -0.15) is 0 Å². The number of amides is 10. The number of nitro groups is 1. The maximum atomic E-state index is 11.6. The number of fused-ring (bicyclic) bond motifs is 3. The first-order valence-corrected chi connectivity index (χ1v) is 16.5. The zero-order chi connectivity index (χ0) is 41.7. The Balaban J connectivity index is 0.000000125. The second-order valence-corrected chi connectivity index (χ2v) is 12.0. The van der Waals surface area contributed by atoms with Crippen LogP contribution >= 0.6 is 0 Å². The number of rotatable bonds is 1. The van der Waals surface area contributed by atoms with E-state index in [1.54, 1.807) is 36.4 Å². The Bertz CT molecular complexity index is 2540. The fraction of sp³-hybridized carbons (Fsp3) is 0. The van der Waals surface area contributed by atoms with Crippen LogP contribution in [0.15, 0.2) is 109 Å². The molecule has 0 spiro atoms. The van der Waals surface area contributed by atoms with Crippen LogP contribution in [0, 0.1) is 10.1 Å². The molecule has 0 saturated carbocycles. The zero-order valence-corrected chi connectivity index (χ0v) is 29.2. The fourth-order valence-electron chi connectivity index (χ4n) is 5.71. The monoisotopic (exact) mass is 781 g/mol. The highest BCUT2D eigenvalue weighted by molar-refractivity contribution is 6.26. The standard InChI is InChI=1S/C12H7NO2.C8H4N2O4.C8H5NO2.C7H4N2O2.C4H3NO2/c14-11-8-5-1-3-7-4-2-6-9(10(7)8)12(15)13-11;11-7-5-2-1-4(10(13)14)3-6(5)8(12)9-7;10-7-5-3-1-2-4-6(5)8(11)9-7;10-6-4-1-2-8-3-5(4)7(11)9-6;6-3-1-2-4(7)5-3/h1-6H,(H,13,14,15);1-3H,(H,9,11,12);1-4H,(H,9,10,11);1-3H,(H,9,10,11);1-2H,(H,5,6,7). The quantitative estimate of drug-likeness (QED) is 0.0925. The maximum absolute atomic E-state index is 11.6. The lowest BCUT2D eigenvalue weighted by Gasteiger charge is -2.15. The van der Waals surface area contributed by atoms with Crippen LogP contribution in [0.4, 0.5) is 5.69 Å². The van der Waals surface area contributed by atoms with Crippen molar-refractivity contribution in [1.82, 2.24) is 31.6 Å². The number of hydrogen-bond acceptors (Lipinski definition) is 13. The average molecular weight is 782 g/mol. The summed E-state index contributed by atoms with van der Waals surface area (Å²) in [6.07, 6.45) is 5.26. The predicted molar refractivity (Wildman–Crippen MR) is 197 cm³/mol. The fourth-order valence-corrected chi connectivity index (χ4v) is 5.71. The Morgan fingerprint density at radius 2 is 0.845 bits per heavy atom. The molecule has 19 heteroatoms. The molecule has 5 aliphatic rings. The van der Waals surface area contributed by atoms with E-state index in [1.165, 1.54) is 42.7 Å². The second kappa shape index (κ2) is 16.2. The summed E-state index contributed by atoms with van der Waals surface area (Å²) in [6, 6.07) is 22.7. The molecule has 5 aromatic rings. The number of carbonyl (C=O) groups excluding carboxylic acids is 10. The SMILES string of the molecule is O=C1C=CC(=O)N1.O=C1NC(=O)c2cc([N+](=O)[O-])ccc21.O=C1NC(=O)c2cccc3cccc1c23.O=C1NC(=O)c2ccccc21.O=C1NC(=O)c2cnccc21. The van der Waals surface area contributed by atoms with E-state index in [2.05, 4.69) is 20.9 Å². The molecule has 0 fully saturated rings. The highest BCUT2D eigenvalue weighted by atomic mass is 16.6. The number of nitrogens with one attached hydrogen (secondary N) is 5. The third-order valence-electron chi connectivity index (χ3n) is 8.36. The van der Waals surface area contributed by atoms with Gasteiger partial charge in [0.1, 0.15) is 0 Å². The van der Waals surface area contributed by atoms with Crippen molar-refractivity contribution in [3.63, 3.8) is 0 Å². The van der Waals surface area contributed by atoms with Crippen molar-refractivity contribution in [3.05, 3.63) is 164 Å². The Hall–Kier alpha value is -8.87. The van der Waals surface area contributed by atoms with Crippen molar-refractivity contribution in [2.75, 3.05) is 0 Å². The number of non-ortho nitro benzene ring substituents is 1. The first-order chi connectivity index (χ1) is 27.7. The van der Waals surface area contributed by atoms with Crippen molar-refractivity contribution in [1.29, 1.82) is 0 Å². The summed E-state index contributed by atoms with van der Waals surface area (Å²) in [4.78, 5) is 123. The predicted octanol–water partition coefficient (Wildman–Crippen LogP) is 1.94. The van der Waals surface area contributed by atoms with Gasteiger partial charge in [0.15, 0.2) is 0 Å². The molecular weight excluding hydrogens is 758 g/mol. The topological polar surface area (TPSA) is 287 Å². The molecule has 0 radical (unpaired) electrons. The summed E-state index contributed by atoms with van der Waals surface area (Å²) in [5.41, 5.74) is 2.89. The zero-order valence-electron chi connectivity index (χ0n) is 29.2. The summed E-state index contributed by atoms with van der Waals surface area (Å²) in [7, 11) is 0. The van der Waals surface area contributed by atoms with Gasteiger partial charge >= 0.3 is 0 Å². The third kappa shape index (κ3) is 8.12. The van der Waals surface area contributed by atoms with E-state index in [-0.39, 0.29) is 64.1 Å². The molecule has 4 aromatic carbocycles. The van der Waals surface area contributed by atoms with Crippen molar-refractivity contribution >= 4 is 75.5 Å². The van der Waals surface area contributed by atoms with Crippen LogP contribution in [-0.4, -0.2) is 69.0 Å². The summed E-state index contributed by atoms with van der Waals surface area (Å²) in [6.45, 7) is 0. The molecule has 10 rings (SSSR count). The lowest BCUT2D eigenvalue weighted by Crippen LogP contribution is -2.34. The average Bonchev–Trinajstić information content (AvgIpc) is 3.93. The molecule has 0 bridgehead atoms. The Kier molecular flexibility index (Phi) is 10.9. The number of aromatic nitrogens is 1. The summed E-state index contributed by atoms with van der Waals surface area (Å²) in [5.74, 6) is -3.70. The number of hydrogen-bond donors (Lipinski definition) is 5. The van der Waals surface area contributed by atoms with E-state index in [0.29, 0.717) is 33.4 Å². The lowest BCUT2D eigenvalue weighted by molar-refractivity contribution is -0.384. The van der Waals surface area contributed by atoms with E-state index in [1.807, 2.05) is 34.9 Å². The third-order valence-corrected chi connectivity index (χ3v) is 8.36. The molecular formula is C39H23N7O12. The van der Waals surface area contributed by atoms with Crippen LogP contribution in [0.5, 0.6) is 0 Å². The van der Waals surface area contributed by atoms with Crippen LogP contribution in [0.2, 0.25) is 0 Å². The van der Waals surface area contributed by atoms with E-state index in [9.17, 15) is 58.1 Å². The molecule has 58 heavy (non-hydrogen) atoms. The molecule has 1 aromatic heterocycles. The van der Waals surface area contributed by atoms with Gasteiger partial charge in [0, 0.05) is 53.2 Å². The van der Waals surface area contributed by atoms with Crippen LogP contribution in [0.25, 0.3) is 10.8 Å². The van der Waals surface area contributed by atoms with Gasteiger partial charge < -0.3 is 0 Å². The van der Waals surface area contributed by atoms with E-state index >= 15 is 0 Å². The first-order valence-electron chi connectivity index (χ1n) is 16.5. The molecule has 0 atom stereocenters. The van der Waals surface area contributed by atoms with Gasteiger partial charge in [0.05, 0.1) is 38.3 Å². The van der Waals surface area contributed by atoms with Crippen molar-refractivity contribution in [2.24, 2.45) is 0 Å². The minimum absolute atomic E-state index is 0.0594. The highest BCUT2D eigenvalue weighted by Crippen LogP contribution is 2.26. The number of pyridine rings is 1. The summed E-state index contributed by atoms with van der Waals surface area (Å²) < 4.78 is 0. The Morgan fingerprint density at radius 3 is 1.29 bits per heavy atom. The largest absolute Gasteiger partial charge is 0.289 e. The lowest BCUT2D eigenvalue weighted by atomic mass is 9.95. The number of benzene rings is 4. The van der Waals surface area contributed by atoms with Gasteiger partial charge in [0.2, 0.25) is 0 Å². The smallest absolute Gasteiger partial charge is 0.270 e. The van der Waals surface area contributed by atoms with Crippen LogP contribution in [0.3, 0.4) is 0 Å². The molecule has 5 N–H and O–H groups in total. The van der Waals surface area contributed by atoms with Crippen molar-refractivity contribution < 1.29 is 52.9 Å². The van der Waals surface area contributed by atoms with Gasteiger partial charge in [-0.3, -0.25) is 89.6 Å². The van der Waals surface area contributed by atoms with E-state index < -0.39 is 16.7 Å². The summed E-state index contributed by atoms with van der Waals surface area (Å²) >= 11 is 0. The maximum Gasteiger partial charge on any atom is 0.270 e. The normalized spacial score (nSPS) is 14.6. The van der Waals surface area contributed by atoms with E-state index in [0.717, 1.165) is 16.8 Å². The summed E-state index contributed by atoms with van der Waals surface area (Å²) in [5, 5.41) is 22.8. The molecule has 286 valence electrons. The molecule has 10 amide bonds. The second-order valence-electron chi connectivity index (χ2n) is 12.0. The molecule has 0 unspecified atom stereocenters. The van der Waals surface area contributed by atoms with Gasteiger partial charge in [-0.15, -0.1) is 0 Å².